The molecule has 1 N–H and O–H groups in total. The molecule has 2 aliphatic heterocycles. The first-order chi connectivity index (χ1) is 8.31. The summed E-state index contributed by atoms with van der Waals surface area (Å²) in [6.07, 6.45) is 4.83. The van der Waals surface area contributed by atoms with Gasteiger partial charge < -0.3 is 10.2 Å². The maximum atomic E-state index is 12.3. The quantitative estimate of drug-likeness (QED) is 0.831. The van der Waals surface area contributed by atoms with Crippen molar-refractivity contribution >= 4 is 17.7 Å². The van der Waals surface area contributed by atoms with Crippen molar-refractivity contribution in [3.63, 3.8) is 0 Å². The van der Waals surface area contributed by atoms with E-state index in [-0.39, 0.29) is 5.25 Å². The topological polar surface area (TPSA) is 32.3 Å². The number of thioether (sulfide) groups is 1. The van der Waals surface area contributed by atoms with Crippen LogP contribution < -0.4 is 5.32 Å². The Hall–Kier alpha value is -0.220. The Morgan fingerprint density at radius 3 is 2.88 bits per heavy atom. The number of carbonyl (C=O) groups excluding carboxylic acids is 1. The minimum Gasteiger partial charge on any atom is -0.342 e. The van der Waals surface area contributed by atoms with Crippen LogP contribution in [0.3, 0.4) is 0 Å². The van der Waals surface area contributed by atoms with Gasteiger partial charge in [-0.15, -0.1) is 11.8 Å². The number of amides is 1. The number of nitrogens with zero attached hydrogens (tertiary/aromatic N) is 1. The number of hydrogen-bond acceptors (Lipinski definition) is 3. The molecule has 0 radical (unpaired) electrons. The molecule has 0 aliphatic carbocycles. The molecule has 2 saturated heterocycles. The second-order valence-electron chi connectivity index (χ2n) is 5.09. The number of carbonyl (C=O) groups is 1. The van der Waals surface area contributed by atoms with Gasteiger partial charge in [0, 0.05) is 13.1 Å². The van der Waals surface area contributed by atoms with Crippen molar-refractivity contribution in [3.05, 3.63) is 0 Å². The van der Waals surface area contributed by atoms with E-state index in [0.29, 0.717) is 11.8 Å². The van der Waals surface area contributed by atoms with Crippen LogP contribution in [0.2, 0.25) is 0 Å². The molecule has 0 bridgehead atoms. The van der Waals surface area contributed by atoms with Gasteiger partial charge in [-0.2, -0.15) is 0 Å². The first-order valence-corrected chi connectivity index (χ1v) is 7.97. The second-order valence-corrected chi connectivity index (χ2v) is 6.40. The Balaban J connectivity index is 1.83. The summed E-state index contributed by atoms with van der Waals surface area (Å²) in [4.78, 5) is 14.4. The van der Waals surface area contributed by atoms with Gasteiger partial charge in [0.15, 0.2) is 0 Å². The molecular weight excluding hydrogens is 232 g/mol. The summed E-state index contributed by atoms with van der Waals surface area (Å²) < 4.78 is 0. The fraction of sp³-hybridized carbons (Fsp3) is 0.923. The highest BCUT2D eigenvalue weighted by atomic mass is 32.2. The van der Waals surface area contributed by atoms with Crippen LogP contribution in [-0.2, 0) is 4.79 Å². The molecule has 4 heteroatoms. The summed E-state index contributed by atoms with van der Waals surface area (Å²) in [6.45, 7) is 6.16. The third kappa shape index (κ3) is 3.62. The van der Waals surface area contributed by atoms with Crippen molar-refractivity contribution in [2.24, 2.45) is 5.92 Å². The number of hydrogen-bond donors (Lipinski definition) is 1. The Kier molecular flexibility index (Phi) is 5.16. The maximum absolute atomic E-state index is 12.3. The van der Waals surface area contributed by atoms with Crippen LogP contribution in [0.4, 0.5) is 0 Å². The zero-order valence-corrected chi connectivity index (χ0v) is 11.6. The predicted molar refractivity (Wildman–Crippen MR) is 73.3 cm³/mol. The van der Waals surface area contributed by atoms with E-state index in [1.54, 1.807) is 0 Å². The second kappa shape index (κ2) is 6.64. The summed E-state index contributed by atoms with van der Waals surface area (Å²) >= 11 is 1.85. The molecule has 98 valence electrons. The Bertz CT molecular complexity index is 248. The van der Waals surface area contributed by atoms with Gasteiger partial charge in [-0.1, -0.05) is 0 Å². The zero-order chi connectivity index (χ0) is 12.1. The molecule has 2 rings (SSSR count). The number of piperidine rings is 1. The van der Waals surface area contributed by atoms with Crippen LogP contribution in [0.25, 0.3) is 0 Å². The molecule has 2 atom stereocenters. The zero-order valence-electron chi connectivity index (χ0n) is 10.8. The molecule has 17 heavy (non-hydrogen) atoms. The molecule has 0 aromatic rings. The van der Waals surface area contributed by atoms with Crippen LogP contribution in [0.15, 0.2) is 0 Å². The van der Waals surface area contributed by atoms with Gasteiger partial charge >= 0.3 is 0 Å². The molecule has 2 fully saturated rings. The van der Waals surface area contributed by atoms with Crippen LogP contribution in [0, 0.1) is 5.92 Å². The van der Waals surface area contributed by atoms with E-state index in [1.165, 1.54) is 25.0 Å². The summed E-state index contributed by atoms with van der Waals surface area (Å²) in [5, 5.41) is 3.69. The van der Waals surface area contributed by atoms with Gasteiger partial charge in [0.2, 0.25) is 5.91 Å². The van der Waals surface area contributed by atoms with E-state index in [0.717, 1.165) is 32.6 Å². The number of nitrogens with one attached hydrogen (secondary N) is 1. The molecule has 3 nitrogen and oxygen atoms in total. The van der Waals surface area contributed by atoms with E-state index >= 15 is 0 Å². The Morgan fingerprint density at radius 1 is 1.41 bits per heavy atom. The van der Waals surface area contributed by atoms with E-state index in [1.807, 2.05) is 11.8 Å². The van der Waals surface area contributed by atoms with E-state index in [2.05, 4.69) is 17.1 Å². The van der Waals surface area contributed by atoms with E-state index in [4.69, 9.17) is 0 Å². The molecule has 0 aromatic heterocycles. The lowest BCUT2D eigenvalue weighted by molar-refractivity contribution is -0.131. The largest absolute Gasteiger partial charge is 0.342 e. The summed E-state index contributed by atoms with van der Waals surface area (Å²) in [6, 6.07) is 0. The lowest BCUT2D eigenvalue weighted by atomic mass is 9.99. The summed E-state index contributed by atoms with van der Waals surface area (Å²) in [7, 11) is 0. The third-order valence-electron chi connectivity index (χ3n) is 3.78. The van der Waals surface area contributed by atoms with Gasteiger partial charge in [-0.3, -0.25) is 4.79 Å². The first-order valence-electron chi connectivity index (χ1n) is 6.92. The highest BCUT2D eigenvalue weighted by Crippen LogP contribution is 2.28. The van der Waals surface area contributed by atoms with Crippen molar-refractivity contribution < 1.29 is 4.79 Å². The van der Waals surface area contributed by atoms with Crippen molar-refractivity contribution in [3.8, 4) is 0 Å². The molecule has 1 amide bonds. The van der Waals surface area contributed by atoms with Crippen molar-refractivity contribution in [2.45, 2.75) is 37.9 Å². The third-order valence-corrected chi connectivity index (χ3v) is 5.14. The molecule has 2 heterocycles. The van der Waals surface area contributed by atoms with Crippen LogP contribution in [-0.4, -0.2) is 48.0 Å². The average Bonchev–Trinajstić information content (AvgIpc) is 2.90. The average molecular weight is 256 g/mol. The molecular formula is C13H24N2OS. The van der Waals surface area contributed by atoms with Gasteiger partial charge in [-0.05, 0) is 57.4 Å². The lowest BCUT2D eigenvalue weighted by Crippen LogP contribution is -2.43. The van der Waals surface area contributed by atoms with Crippen LogP contribution >= 0.6 is 11.8 Å². The van der Waals surface area contributed by atoms with Crippen molar-refractivity contribution in [2.75, 3.05) is 31.9 Å². The lowest BCUT2D eigenvalue weighted by Gasteiger charge is -2.30. The normalized spacial score (nSPS) is 29.2. The minimum atomic E-state index is 0.256. The van der Waals surface area contributed by atoms with Gasteiger partial charge in [0.05, 0.1) is 5.25 Å². The monoisotopic (exact) mass is 256 g/mol. The fourth-order valence-electron chi connectivity index (χ4n) is 2.74. The van der Waals surface area contributed by atoms with Crippen molar-refractivity contribution in [1.82, 2.24) is 10.2 Å². The van der Waals surface area contributed by atoms with Gasteiger partial charge in [-0.25, -0.2) is 0 Å². The molecule has 2 aliphatic rings. The van der Waals surface area contributed by atoms with Crippen molar-refractivity contribution in [1.29, 1.82) is 0 Å². The Morgan fingerprint density at radius 2 is 2.29 bits per heavy atom. The molecule has 0 saturated carbocycles. The molecule has 2 unspecified atom stereocenters. The fourth-order valence-corrected chi connectivity index (χ4v) is 3.99. The maximum Gasteiger partial charge on any atom is 0.235 e. The van der Waals surface area contributed by atoms with Gasteiger partial charge in [0.25, 0.3) is 0 Å². The minimum absolute atomic E-state index is 0.256. The SMILES string of the molecule is CCN(CC1CCCNC1)C(=O)C1CCCS1. The predicted octanol–water partition coefficient (Wildman–Crippen LogP) is 1.73. The van der Waals surface area contributed by atoms with E-state index in [9.17, 15) is 4.79 Å². The summed E-state index contributed by atoms with van der Waals surface area (Å²) in [5.74, 6) is 2.22. The van der Waals surface area contributed by atoms with Crippen LogP contribution in [0.5, 0.6) is 0 Å². The molecule has 0 spiro atoms. The highest BCUT2D eigenvalue weighted by Gasteiger charge is 2.28. The Labute approximate surface area is 109 Å². The number of rotatable bonds is 4. The smallest absolute Gasteiger partial charge is 0.235 e. The van der Waals surface area contributed by atoms with Crippen LogP contribution in [0.1, 0.15) is 32.6 Å². The summed E-state index contributed by atoms with van der Waals surface area (Å²) in [5.41, 5.74) is 0. The molecule has 0 aromatic carbocycles. The van der Waals surface area contributed by atoms with Gasteiger partial charge in [0.1, 0.15) is 0 Å². The van der Waals surface area contributed by atoms with E-state index < -0.39 is 0 Å². The first kappa shape index (κ1) is 13.2. The highest BCUT2D eigenvalue weighted by molar-refractivity contribution is 8.00. The standard InChI is InChI=1S/C13H24N2OS/c1-2-15(10-11-5-3-7-14-9-11)13(16)12-6-4-8-17-12/h11-12,14H,2-10H2,1H3.